The lowest BCUT2D eigenvalue weighted by molar-refractivity contribution is 0.685. The topological polar surface area (TPSA) is 24.9 Å². The highest BCUT2D eigenvalue weighted by Gasteiger charge is 2.20. The number of nitrogens with one attached hydrogen (secondary N) is 1. The Morgan fingerprint density at radius 1 is 1.19 bits per heavy atom. The first-order valence-electron chi connectivity index (χ1n) is 8.14. The van der Waals surface area contributed by atoms with Crippen molar-refractivity contribution < 1.29 is 0 Å². The molecule has 0 aliphatic heterocycles. The lowest BCUT2D eigenvalue weighted by Crippen LogP contribution is -2.19. The molecule has 1 N–H and O–H groups in total. The van der Waals surface area contributed by atoms with E-state index in [1.165, 1.54) is 46.8 Å². The standard InChI is InChI=1S/C18H24N2S/c1-2-3-9-17-20-18(14-7-5-4-6-8-14)16(21-17)12-13-19-15-10-11-15/h4-8,15,19H,2-3,9-13H2,1H3. The molecule has 3 rings (SSSR count). The van der Waals surface area contributed by atoms with E-state index in [1.807, 2.05) is 11.3 Å². The van der Waals surface area contributed by atoms with Gasteiger partial charge in [-0.3, -0.25) is 0 Å². The molecule has 0 radical (unpaired) electrons. The van der Waals surface area contributed by atoms with Crippen LogP contribution in [0.1, 0.15) is 42.5 Å². The number of unbranched alkanes of at least 4 members (excludes halogenated alkanes) is 1. The summed E-state index contributed by atoms with van der Waals surface area (Å²) < 4.78 is 0. The van der Waals surface area contributed by atoms with Gasteiger partial charge in [0.25, 0.3) is 0 Å². The van der Waals surface area contributed by atoms with Crippen LogP contribution in [-0.2, 0) is 12.8 Å². The fourth-order valence-electron chi connectivity index (χ4n) is 2.50. The van der Waals surface area contributed by atoms with Crippen LogP contribution in [0.25, 0.3) is 11.3 Å². The molecule has 1 aliphatic rings. The smallest absolute Gasteiger partial charge is 0.0935 e. The molecule has 1 heterocycles. The van der Waals surface area contributed by atoms with E-state index >= 15 is 0 Å². The number of aromatic nitrogens is 1. The predicted octanol–water partition coefficient (Wildman–Crippen LogP) is 4.45. The molecule has 1 aromatic heterocycles. The second-order valence-corrected chi connectivity index (χ2v) is 7.00. The molecule has 2 nitrogen and oxygen atoms in total. The van der Waals surface area contributed by atoms with Crippen LogP contribution in [0.15, 0.2) is 30.3 Å². The van der Waals surface area contributed by atoms with Gasteiger partial charge >= 0.3 is 0 Å². The Balaban J connectivity index is 1.75. The molecule has 112 valence electrons. The van der Waals surface area contributed by atoms with E-state index in [1.54, 1.807) is 0 Å². The lowest BCUT2D eigenvalue weighted by Gasteiger charge is -2.03. The van der Waals surface area contributed by atoms with E-state index < -0.39 is 0 Å². The predicted molar refractivity (Wildman–Crippen MR) is 90.9 cm³/mol. The van der Waals surface area contributed by atoms with Gasteiger partial charge < -0.3 is 5.32 Å². The minimum Gasteiger partial charge on any atom is -0.314 e. The summed E-state index contributed by atoms with van der Waals surface area (Å²) in [6, 6.07) is 11.4. The van der Waals surface area contributed by atoms with Crippen LogP contribution in [0.2, 0.25) is 0 Å². The molecule has 1 aromatic carbocycles. The summed E-state index contributed by atoms with van der Waals surface area (Å²) in [5.74, 6) is 0. The molecular formula is C18H24N2S. The second kappa shape index (κ2) is 7.19. The van der Waals surface area contributed by atoms with Gasteiger partial charge in [0.1, 0.15) is 0 Å². The van der Waals surface area contributed by atoms with Gasteiger partial charge in [-0.15, -0.1) is 11.3 Å². The van der Waals surface area contributed by atoms with Crippen molar-refractivity contribution in [3.63, 3.8) is 0 Å². The third kappa shape index (κ3) is 4.14. The molecular weight excluding hydrogens is 276 g/mol. The molecule has 0 spiro atoms. The molecule has 0 unspecified atom stereocenters. The summed E-state index contributed by atoms with van der Waals surface area (Å²) >= 11 is 1.92. The second-order valence-electron chi connectivity index (χ2n) is 5.83. The molecule has 1 aliphatic carbocycles. The van der Waals surface area contributed by atoms with E-state index in [0.717, 1.165) is 25.4 Å². The van der Waals surface area contributed by atoms with Gasteiger partial charge in [0.2, 0.25) is 0 Å². The molecule has 0 amide bonds. The van der Waals surface area contributed by atoms with E-state index in [4.69, 9.17) is 4.98 Å². The summed E-state index contributed by atoms with van der Waals surface area (Å²) in [5.41, 5.74) is 2.47. The molecule has 0 atom stereocenters. The first-order valence-corrected chi connectivity index (χ1v) is 8.96. The Labute approximate surface area is 131 Å². The molecule has 21 heavy (non-hydrogen) atoms. The van der Waals surface area contributed by atoms with Gasteiger partial charge in [0, 0.05) is 23.0 Å². The largest absolute Gasteiger partial charge is 0.314 e. The number of thiazole rings is 1. The van der Waals surface area contributed by atoms with Crippen LogP contribution in [0, 0.1) is 0 Å². The number of rotatable bonds is 8. The summed E-state index contributed by atoms with van der Waals surface area (Å²) in [6.45, 7) is 3.33. The molecule has 1 fully saturated rings. The van der Waals surface area contributed by atoms with Gasteiger partial charge in [0.15, 0.2) is 0 Å². The van der Waals surface area contributed by atoms with Gasteiger partial charge in [0.05, 0.1) is 10.7 Å². The highest BCUT2D eigenvalue weighted by Crippen LogP contribution is 2.29. The van der Waals surface area contributed by atoms with E-state index in [2.05, 4.69) is 42.6 Å². The summed E-state index contributed by atoms with van der Waals surface area (Å²) in [7, 11) is 0. The third-order valence-electron chi connectivity index (χ3n) is 3.90. The van der Waals surface area contributed by atoms with E-state index in [9.17, 15) is 0 Å². The van der Waals surface area contributed by atoms with Crippen molar-refractivity contribution in [2.75, 3.05) is 6.54 Å². The van der Waals surface area contributed by atoms with Gasteiger partial charge in [-0.2, -0.15) is 0 Å². The Morgan fingerprint density at radius 3 is 2.71 bits per heavy atom. The normalized spacial score (nSPS) is 14.5. The van der Waals surface area contributed by atoms with Crippen molar-refractivity contribution in [1.82, 2.24) is 10.3 Å². The fraction of sp³-hybridized carbons (Fsp3) is 0.500. The van der Waals surface area contributed by atoms with Gasteiger partial charge in [-0.05, 0) is 32.1 Å². The molecule has 3 heteroatoms. The van der Waals surface area contributed by atoms with Crippen molar-refractivity contribution in [1.29, 1.82) is 0 Å². The maximum atomic E-state index is 4.92. The number of aryl methyl sites for hydroxylation is 1. The summed E-state index contributed by atoms with van der Waals surface area (Å²) in [6.07, 6.45) is 7.41. The van der Waals surface area contributed by atoms with E-state index in [-0.39, 0.29) is 0 Å². The molecule has 0 bridgehead atoms. The SMILES string of the molecule is CCCCc1nc(-c2ccccc2)c(CCNC2CC2)s1. The minimum atomic E-state index is 0.789. The summed E-state index contributed by atoms with van der Waals surface area (Å²) in [4.78, 5) is 6.37. The lowest BCUT2D eigenvalue weighted by atomic mass is 10.1. The van der Waals surface area contributed by atoms with E-state index in [0.29, 0.717) is 0 Å². The highest BCUT2D eigenvalue weighted by molar-refractivity contribution is 7.12. The number of hydrogen-bond donors (Lipinski definition) is 1. The molecule has 1 saturated carbocycles. The minimum absolute atomic E-state index is 0.789. The number of benzene rings is 1. The quantitative estimate of drug-likeness (QED) is 0.779. The Bertz CT molecular complexity index is 558. The maximum absolute atomic E-state index is 4.92. The zero-order valence-electron chi connectivity index (χ0n) is 12.8. The zero-order valence-corrected chi connectivity index (χ0v) is 13.6. The van der Waals surface area contributed by atoms with Crippen LogP contribution in [-0.4, -0.2) is 17.6 Å². The van der Waals surface area contributed by atoms with Crippen LogP contribution >= 0.6 is 11.3 Å². The van der Waals surface area contributed by atoms with Gasteiger partial charge in [-0.25, -0.2) is 4.98 Å². The monoisotopic (exact) mass is 300 g/mol. The van der Waals surface area contributed by atoms with Crippen LogP contribution in [0.4, 0.5) is 0 Å². The van der Waals surface area contributed by atoms with Crippen LogP contribution in [0.3, 0.4) is 0 Å². The Kier molecular flexibility index (Phi) is 5.04. The van der Waals surface area contributed by atoms with Crippen molar-refractivity contribution in [2.45, 2.75) is 51.5 Å². The Morgan fingerprint density at radius 2 is 2.00 bits per heavy atom. The first-order chi connectivity index (χ1) is 10.4. The molecule has 2 aromatic rings. The zero-order chi connectivity index (χ0) is 14.5. The highest BCUT2D eigenvalue weighted by atomic mass is 32.1. The number of nitrogens with zero attached hydrogens (tertiary/aromatic N) is 1. The summed E-state index contributed by atoms with van der Waals surface area (Å²) in [5, 5.41) is 4.92. The van der Waals surface area contributed by atoms with Crippen molar-refractivity contribution >= 4 is 11.3 Å². The number of hydrogen-bond acceptors (Lipinski definition) is 3. The van der Waals surface area contributed by atoms with Crippen molar-refractivity contribution in [3.05, 3.63) is 40.2 Å². The van der Waals surface area contributed by atoms with Crippen molar-refractivity contribution in [2.24, 2.45) is 0 Å². The van der Waals surface area contributed by atoms with Gasteiger partial charge in [-0.1, -0.05) is 43.7 Å². The van der Waals surface area contributed by atoms with Crippen LogP contribution < -0.4 is 5.32 Å². The average molecular weight is 300 g/mol. The molecule has 0 saturated heterocycles. The average Bonchev–Trinajstić information content (AvgIpc) is 3.25. The first kappa shape index (κ1) is 14.7. The third-order valence-corrected chi connectivity index (χ3v) is 5.07. The van der Waals surface area contributed by atoms with Crippen molar-refractivity contribution in [3.8, 4) is 11.3 Å². The Hall–Kier alpha value is -1.19. The fourth-order valence-corrected chi connectivity index (χ4v) is 3.64. The maximum Gasteiger partial charge on any atom is 0.0935 e. The van der Waals surface area contributed by atoms with Crippen LogP contribution in [0.5, 0.6) is 0 Å².